The lowest BCUT2D eigenvalue weighted by atomic mass is 10.2. The number of likely N-dealkylation sites (N-methyl/N-ethyl adjacent to an activating group) is 1. The number of benzene rings is 1. The molecular weight excluding hydrogens is 308 g/mol. The SMILES string of the molecule is Cc1ccc(C(=O)N2CCN(C)c3nc4ccccc4nc32)s1. The summed E-state index contributed by atoms with van der Waals surface area (Å²) >= 11 is 1.52. The number of nitrogens with zero attached hydrogens (tertiary/aromatic N) is 4. The number of anilines is 2. The minimum atomic E-state index is 0.00188. The number of aromatic nitrogens is 2. The minimum Gasteiger partial charge on any atom is -0.355 e. The number of fused-ring (bicyclic) bond motifs is 2. The van der Waals surface area contributed by atoms with Gasteiger partial charge in [-0.05, 0) is 31.2 Å². The fraction of sp³-hybridized carbons (Fsp3) is 0.235. The number of aryl methyl sites for hydroxylation is 1. The molecule has 0 fully saturated rings. The maximum absolute atomic E-state index is 12.9. The van der Waals surface area contributed by atoms with Crippen molar-refractivity contribution in [3.05, 3.63) is 46.2 Å². The molecule has 1 amide bonds. The highest BCUT2D eigenvalue weighted by Crippen LogP contribution is 2.32. The van der Waals surface area contributed by atoms with Gasteiger partial charge in [-0.3, -0.25) is 9.69 Å². The van der Waals surface area contributed by atoms with Crippen molar-refractivity contribution >= 4 is 39.9 Å². The summed E-state index contributed by atoms with van der Waals surface area (Å²) in [5, 5.41) is 0. The molecule has 0 aliphatic carbocycles. The summed E-state index contributed by atoms with van der Waals surface area (Å²) in [7, 11) is 1.99. The first-order valence-electron chi connectivity index (χ1n) is 7.50. The first kappa shape index (κ1) is 14.1. The van der Waals surface area contributed by atoms with Crippen LogP contribution in [-0.2, 0) is 0 Å². The molecule has 3 aromatic rings. The summed E-state index contributed by atoms with van der Waals surface area (Å²) < 4.78 is 0. The fourth-order valence-electron chi connectivity index (χ4n) is 2.76. The summed E-state index contributed by atoms with van der Waals surface area (Å²) in [5.41, 5.74) is 1.65. The molecule has 5 nitrogen and oxygen atoms in total. The lowest BCUT2D eigenvalue weighted by Crippen LogP contribution is -2.43. The molecule has 116 valence electrons. The highest BCUT2D eigenvalue weighted by atomic mass is 32.1. The number of amides is 1. The third-order valence-electron chi connectivity index (χ3n) is 4.01. The van der Waals surface area contributed by atoms with E-state index < -0.39 is 0 Å². The zero-order valence-corrected chi connectivity index (χ0v) is 13.8. The molecule has 0 spiro atoms. The second-order valence-electron chi connectivity index (χ2n) is 5.65. The molecule has 4 rings (SSSR count). The quantitative estimate of drug-likeness (QED) is 0.690. The number of hydrogen-bond donors (Lipinski definition) is 0. The van der Waals surface area contributed by atoms with Crippen LogP contribution in [0.25, 0.3) is 11.0 Å². The van der Waals surface area contributed by atoms with Crippen molar-refractivity contribution < 1.29 is 4.79 Å². The van der Waals surface area contributed by atoms with Gasteiger partial charge in [0.15, 0.2) is 11.6 Å². The summed E-state index contributed by atoms with van der Waals surface area (Å²) in [6, 6.07) is 11.6. The van der Waals surface area contributed by atoms with Crippen molar-refractivity contribution in [1.29, 1.82) is 0 Å². The van der Waals surface area contributed by atoms with Crippen LogP contribution < -0.4 is 9.80 Å². The van der Waals surface area contributed by atoms with Crippen molar-refractivity contribution in [3.63, 3.8) is 0 Å². The van der Waals surface area contributed by atoms with Crippen molar-refractivity contribution in [1.82, 2.24) is 9.97 Å². The summed E-state index contributed by atoms with van der Waals surface area (Å²) in [5.74, 6) is 1.41. The predicted octanol–water partition coefficient (Wildman–Crippen LogP) is 3.10. The molecule has 3 heterocycles. The number of carbonyl (C=O) groups is 1. The van der Waals surface area contributed by atoms with Crippen LogP contribution in [-0.4, -0.2) is 36.0 Å². The van der Waals surface area contributed by atoms with Gasteiger partial charge in [-0.2, -0.15) is 0 Å². The van der Waals surface area contributed by atoms with E-state index in [-0.39, 0.29) is 5.91 Å². The standard InChI is InChI=1S/C17H16N4OS/c1-11-7-8-14(23-11)17(22)21-10-9-20(2)15-16(21)19-13-6-4-3-5-12(13)18-15/h3-8H,9-10H2,1-2H3. The number of rotatable bonds is 1. The normalized spacial score (nSPS) is 14.2. The second kappa shape index (κ2) is 5.31. The van der Waals surface area contributed by atoms with Gasteiger partial charge in [0, 0.05) is 25.0 Å². The lowest BCUT2D eigenvalue weighted by molar-refractivity contribution is 0.0990. The van der Waals surface area contributed by atoms with E-state index in [1.165, 1.54) is 11.3 Å². The van der Waals surface area contributed by atoms with E-state index in [9.17, 15) is 4.79 Å². The van der Waals surface area contributed by atoms with Gasteiger partial charge < -0.3 is 4.90 Å². The zero-order valence-electron chi connectivity index (χ0n) is 13.0. The molecule has 0 saturated heterocycles. The predicted molar refractivity (Wildman–Crippen MR) is 93.5 cm³/mol. The molecule has 0 bridgehead atoms. The molecule has 1 aliphatic rings. The van der Waals surface area contributed by atoms with Crippen molar-refractivity contribution in [3.8, 4) is 0 Å². The summed E-state index contributed by atoms with van der Waals surface area (Å²) in [6.07, 6.45) is 0. The first-order chi connectivity index (χ1) is 11.1. The minimum absolute atomic E-state index is 0.00188. The zero-order chi connectivity index (χ0) is 16.0. The molecule has 0 N–H and O–H groups in total. The van der Waals surface area contributed by atoms with E-state index >= 15 is 0 Å². The topological polar surface area (TPSA) is 49.3 Å². The Morgan fingerprint density at radius 3 is 2.39 bits per heavy atom. The number of para-hydroxylation sites is 2. The van der Waals surface area contributed by atoms with Crippen LogP contribution in [0.15, 0.2) is 36.4 Å². The van der Waals surface area contributed by atoms with Crippen molar-refractivity contribution in [2.45, 2.75) is 6.92 Å². The van der Waals surface area contributed by atoms with Crippen LogP contribution in [0.5, 0.6) is 0 Å². The highest BCUT2D eigenvalue weighted by Gasteiger charge is 2.29. The Labute approximate surface area is 138 Å². The van der Waals surface area contributed by atoms with Crippen LogP contribution in [0.2, 0.25) is 0 Å². The summed E-state index contributed by atoms with van der Waals surface area (Å²) in [6.45, 7) is 3.37. The van der Waals surface area contributed by atoms with Gasteiger partial charge in [-0.1, -0.05) is 12.1 Å². The number of hydrogen-bond acceptors (Lipinski definition) is 5. The van der Waals surface area contributed by atoms with Crippen molar-refractivity contribution in [2.75, 3.05) is 29.9 Å². The Hall–Kier alpha value is -2.47. The molecule has 6 heteroatoms. The molecule has 0 atom stereocenters. The molecule has 2 aromatic heterocycles. The van der Waals surface area contributed by atoms with E-state index in [1.54, 1.807) is 4.90 Å². The third kappa shape index (κ3) is 2.35. The molecular formula is C17H16N4OS. The van der Waals surface area contributed by atoms with E-state index in [4.69, 9.17) is 9.97 Å². The second-order valence-corrected chi connectivity index (χ2v) is 6.94. The molecule has 1 aliphatic heterocycles. The Balaban J connectivity index is 1.84. The molecule has 0 unspecified atom stereocenters. The highest BCUT2D eigenvalue weighted by molar-refractivity contribution is 7.14. The van der Waals surface area contributed by atoms with Gasteiger partial charge in [0.05, 0.1) is 15.9 Å². The largest absolute Gasteiger partial charge is 0.355 e. The first-order valence-corrected chi connectivity index (χ1v) is 8.31. The monoisotopic (exact) mass is 324 g/mol. The molecule has 0 saturated carbocycles. The van der Waals surface area contributed by atoms with Gasteiger partial charge in [0.1, 0.15) is 0 Å². The van der Waals surface area contributed by atoms with Crippen molar-refractivity contribution in [2.24, 2.45) is 0 Å². The van der Waals surface area contributed by atoms with E-state index in [1.807, 2.05) is 50.4 Å². The number of carbonyl (C=O) groups excluding carboxylic acids is 1. The van der Waals surface area contributed by atoms with Crippen LogP contribution in [0, 0.1) is 6.92 Å². The van der Waals surface area contributed by atoms with Crippen LogP contribution in [0.4, 0.5) is 11.6 Å². The maximum Gasteiger partial charge on any atom is 0.269 e. The van der Waals surface area contributed by atoms with Gasteiger partial charge in [0.2, 0.25) is 0 Å². The van der Waals surface area contributed by atoms with E-state index in [0.29, 0.717) is 12.4 Å². The molecule has 1 aromatic carbocycles. The van der Waals surface area contributed by atoms with Crippen LogP contribution >= 0.6 is 11.3 Å². The molecule has 0 radical (unpaired) electrons. The van der Waals surface area contributed by atoms with E-state index in [0.717, 1.165) is 33.2 Å². The van der Waals surface area contributed by atoms with Gasteiger partial charge in [0.25, 0.3) is 5.91 Å². The Morgan fingerprint density at radius 2 is 1.74 bits per heavy atom. The molecule has 23 heavy (non-hydrogen) atoms. The third-order valence-corrected chi connectivity index (χ3v) is 5.00. The van der Waals surface area contributed by atoms with Crippen LogP contribution in [0.1, 0.15) is 14.5 Å². The van der Waals surface area contributed by atoms with E-state index in [2.05, 4.69) is 4.90 Å². The van der Waals surface area contributed by atoms with Gasteiger partial charge in [-0.15, -0.1) is 11.3 Å². The van der Waals surface area contributed by atoms with Gasteiger partial charge in [-0.25, -0.2) is 9.97 Å². The Kier molecular flexibility index (Phi) is 3.27. The average Bonchev–Trinajstić information content (AvgIpc) is 3.00. The van der Waals surface area contributed by atoms with Crippen LogP contribution in [0.3, 0.4) is 0 Å². The fourth-order valence-corrected chi connectivity index (χ4v) is 3.58. The summed E-state index contributed by atoms with van der Waals surface area (Å²) in [4.78, 5) is 28.0. The number of thiophene rings is 1. The Morgan fingerprint density at radius 1 is 1.04 bits per heavy atom. The smallest absolute Gasteiger partial charge is 0.269 e. The lowest BCUT2D eigenvalue weighted by Gasteiger charge is -2.33. The van der Waals surface area contributed by atoms with Gasteiger partial charge >= 0.3 is 0 Å². The average molecular weight is 324 g/mol. The maximum atomic E-state index is 12.9. The Bertz CT molecular complexity index is 904.